The predicted octanol–water partition coefficient (Wildman–Crippen LogP) is 12.4. The van der Waals surface area contributed by atoms with Crippen molar-refractivity contribution in [3.63, 3.8) is 0 Å². The second-order valence-corrected chi connectivity index (χ2v) is 13.5. The molecule has 4 nitrogen and oxygen atoms in total. The van der Waals surface area contributed by atoms with Gasteiger partial charge in [0.15, 0.2) is 12.2 Å². The van der Waals surface area contributed by atoms with Crippen molar-refractivity contribution >= 4 is 24.2 Å². The minimum Gasteiger partial charge on any atom is -0.451 e. The maximum Gasteiger partial charge on any atom is 0.338 e. The molecule has 0 bridgehead atoms. The predicted molar refractivity (Wildman–Crippen MR) is 208 cm³/mol. The highest BCUT2D eigenvalue weighted by Gasteiger charge is 2.31. The number of esters is 1. The third-order valence-corrected chi connectivity index (χ3v) is 9.94. The summed E-state index contributed by atoms with van der Waals surface area (Å²) in [6.07, 6.45) is 12.2. The normalized spacial score (nSPS) is 17.1. The molecule has 260 valence electrons. The summed E-state index contributed by atoms with van der Waals surface area (Å²) < 4.78 is 6.30. The van der Waals surface area contributed by atoms with E-state index in [0.29, 0.717) is 11.5 Å². The highest BCUT2D eigenvalue weighted by Crippen LogP contribution is 2.39. The number of carbonyl (C=O) groups is 1. The first kappa shape index (κ1) is 35.8. The Balaban J connectivity index is 1.13. The second-order valence-electron chi connectivity index (χ2n) is 13.5. The van der Waals surface area contributed by atoms with Crippen LogP contribution in [-0.4, -0.2) is 5.97 Å². The molecule has 1 aliphatic rings. The minimum atomic E-state index is -0.748. The zero-order valence-corrected chi connectivity index (χ0v) is 29.5. The van der Waals surface area contributed by atoms with Crippen LogP contribution in [0.2, 0.25) is 0 Å². The third-order valence-electron chi connectivity index (χ3n) is 9.94. The fraction of sp³-hybridized carbons (Fsp3) is 0.255. The lowest BCUT2D eigenvalue weighted by molar-refractivity contribution is -0.350. The van der Waals surface area contributed by atoms with Gasteiger partial charge in [0.25, 0.3) is 0 Å². The molecular weight excluding hydrogens is 629 g/mol. The number of rotatable bonds is 15. The molecule has 5 aromatic carbocycles. The van der Waals surface area contributed by atoms with E-state index in [0.717, 1.165) is 39.3 Å². The fourth-order valence-corrected chi connectivity index (χ4v) is 6.97. The van der Waals surface area contributed by atoms with Gasteiger partial charge >= 0.3 is 5.97 Å². The van der Waals surface area contributed by atoms with Gasteiger partial charge in [0.1, 0.15) is 6.61 Å². The van der Waals surface area contributed by atoms with Gasteiger partial charge < -0.3 is 4.74 Å². The SMILES string of the molecule is C=Cc1ccc(/C=C/c2ccc(COO[C@@H](c3ccccc3)[C@@H](OC(=O)c3ccc(C4CCC(CCC)CC4)cc3)c3ccccc3)cc2)cc1. The molecule has 0 N–H and O–H groups in total. The highest BCUT2D eigenvalue weighted by molar-refractivity contribution is 5.89. The molecule has 1 fully saturated rings. The fourth-order valence-electron chi connectivity index (χ4n) is 6.97. The molecule has 0 aliphatic heterocycles. The average Bonchev–Trinajstić information content (AvgIpc) is 3.20. The third kappa shape index (κ3) is 10.0. The van der Waals surface area contributed by atoms with E-state index < -0.39 is 18.2 Å². The number of hydrogen-bond donors (Lipinski definition) is 0. The van der Waals surface area contributed by atoms with E-state index >= 15 is 0 Å². The Morgan fingerprint density at radius 2 is 1.24 bits per heavy atom. The van der Waals surface area contributed by atoms with Gasteiger partial charge in [-0.15, -0.1) is 0 Å². The molecule has 1 aliphatic carbocycles. The summed E-state index contributed by atoms with van der Waals surface area (Å²) >= 11 is 0. The van der Waals surface area contributed by atoms with E-state index in [2.05, 4.69) is 74.2 Å². The topological polar surface area (TPSA) is 44.8 Å². The first-order valence-corrected chi connectivity index (χ1v) is 18.3. The van der Waals surface area contributed by atoms with Crippen molar-refractivity contribution in [2.45, 2.75) is 70.2 Å². The van der Waals surface area contributed by atoms with E-state index in [-0.39, 0.29) is 6.61 Å². The van der Waals surface area contributed by atoms with Gasteiger partial charge in [-0.25, -0.2) is 14.6 Å². The lowest BCUT2D eigenvalue weighted by Crippen LogP contribution is -2.21. The lowest BCUT2D eigenvalue weighted by atomic mass is 9.77. The van der Waals surface area contributed by atoms with Gasteiger partial charge in [0, 0.05) is 0 Å². The van der Waals surface area contributed by atoms with Crippen LogP contribution in [0.5, 0.6) is 0 Å². The molecule has 0 spiro atoms. The van der Waals surface area contributed by atoms with Gasteiger partial charge in [0.05, 0.1) is 5.56 Å². The molecule has 6 rings (SSSR count). The van der Waals surface area contributed by atoms with E-state index in [4.69, 9.17) is 14.5 Å². The summed E-state index contributed by atoms with van der Waals surface area (Å²) in [5, 5.41) is 0. The molecule has 0 heterocycles. The molecular formula is C47H48O4. The summed E-state index contributed by atoms with van der Waals surface area (Å²) in [6, 6.07) is 44.0. The molecule has 0 unspecified atom stereocenters. The second kappa shape index (κ2) is 18.3. The van der Waals surface area contributed by atoms with Gasteiger partial charge in [0.2, 0.25) is 0 Å². The molecule has 0 saturated heterocycles. The highest BCUT2D eigenvalue weighted by atomic mass is 17.2. The lowest BCUT2D eigenvalue weighted by Gasteiger charge is -2.29. The summed E-state index contributed by atoms with van der Waals surface area (Å²) in [7, 11) is 0. The minimum absolute atomic E-state index is 0.230. The Labute approximate surface area is 303 Å². The molecule has 0 radical (unpaired) electrons. The van der Waals surface area contributed by atoms with Crippen LogP contribution in [0.25, 0.3) is 18.2 Å². The molecule has 0 aromatic heterocycles. The van der Waals surface area contributed by atoms with Crippen molar-refractivity contribution in [2.75, 3.05) is 0 Å². The van der Waals surface area contributed by atoms with Crippen LogP contribution in [0.4, 0.5) is 0 Å². The Kier molecular flexibility index (Phi) is 12.8. The number of benzene rings is 5. The molecule has 2 atom stereocenters. The number of carbonyl (C=O) groups excluding carboxylic acids is 1. The number of ether oxygens (including phenoxy) is 1. The van der Waals surface area contributed by atoms with Crippen molar-refractivity contribution in [1.29, 1.82) is 0 Å². The summed E-state index contributed by atoms with van der Waals surface area (Å²) in [5.41, 5.74) is 7.76. The molecule has 4 heteroatoms. The van der Waals surface area contributed by atoms with Crippen molar-refractivity contribution in [3.05, 3.63) is 185 Å². The summed E-state index contributed by atoms with van der Waals surface area (Å²) in [6.45, 7) is 6.32. The van der Waals surface area contributed by atoms with Crippen molar-refractivity contribution in [2.24, 2.45) is 5.92 Å². The Morgan fingerprint density at radius 3 is 1.80 bits per heavy atom. The van der Waals surface area contributed by atoms with Gasteiger partial charge in [-0.3, -0.25) is 0 Å². The van der Waals surface area contributed by atoms with Crippen LogP contribution in [-0.2, 0) is 21.1 Å². The first-order chi connectivity index (χ1) is 25.1. The first-order valence-electron chi connectivity index (χ1n) is 18.3. The van der Waals surface area contributed by atoms with Crippen molar-refractivity contribution in [3.8, 4) is 0 Å². The van der Waals surface area contributed by atoms with Crippen LogP contribution >= 0.6 is 0 Å². The summed E-state index contributed by atoms with van der Waals surface area (Å²) in [4.78, 5) is 25.8. The van der Waals surface area contributed by atoms with E-state index in [1.165, 1.54) is 44.1 Å². The van der Waals surface area contributed by atoms with Crippen molar-refractivity contribution < 1.29 is 19.3 Å². The van der Waals surface area contributed by atoms with E-state index in [1.54, 1.807) is 0 Å². The zero-order valence-electron chi connectivity index (χ0n) is 29.5. The van der Waals surface area contributed by atoms with E-state index in [9.17, 15) is 4.79 Å². The molecule has 51 heavy (non-hydrogen) atoms. The molecule has 0 amide bonds. The average molecular weight is 677 g/mol. The van der Waals surface area contributed by atoms with Crippen LogP contribution < -0.4 is 0 Å². The Hall–Kier alpha value is -5.03. The maximum atomic E-state index is 13.7. The molecule has 1 saturated carbocycles. The van der Waals surface area contributed by atoms with Crippen molar-refractivity contribution in [1.82, 2.24) is 0 Å². The van der Waals surface area contributed by atoms with Gasteiger partial charge in [-0.2, -0.15) is 0 Å². The zero-order chi connectivity index (χ0) is 35.3. The summed E-state index contributed by atoms with van der Waals surface area (Å²) in [5.74, 6) is 1.02. The van der Waals surface area contributed by atoms with E-state index in [1.807, 2.05) is 91.0 Å². The quantitative estimate of drug-likeness (QED) is 0.0479. The van der Waals surface area contributed by atoms with Gasteiger partial charge in [-0.1, -0.05) is 166 Å². The Bertz CT molecular complexity index is 1820. The van der Waals surface area contributed by atoms with Gasteiger partial charge in [-0.05, 0) is 88.6 Å². The van der Waals surface area contributed by atoms with Crippen LogP contribution in [0.1, 0.15) is 113 Å². The van der Waals surface area contributed by atoms with Crippen LogP contribution in [0.15, 0.2) is 140 Å². The monoisotopic (exact) mass is 676 g/mol. The maximum absolute atomic E-state index is 13.7. The van der Waals surface area contributed by atoms with Crippen LogP contribution in [0.3, 0.4) is 0 Å². The Morgan fingerprint density at radius 1 is 0.686 bits per heavy atom. The number of hydrogen-bond acceptors (Lipinski definition) is 4. The standard InChI is InChI=1S/C47H48O4/c1-3-11-36-26-28-40(29-27-36)41-30-32-44(33-31-41)47(48)50-45(42-12-7-5-8-13-42)46(43-14-9-6-10-15-43)51-49-34-39-24-22-38(23-25-39)21-20-37-18-16-35(4-2)17-19-37/h4-10,12-25,30-33,36,40,45-46H,2-3,11,26-29,34H2,1H3/b21-20+/t36?,40?,45-,46-/m0/s1. The largest absolute Gasteiger partial charge is 0.451 e. The molecule has 5 aromatic rings. The van der Waals surface area contributed by atoms with Crippen LogP contribution in [0, 0.1) is 5.92 Å². The smallest absolute Gasteiger partial charge is 0.338 e.